The number of cyclic esters (lactones) is 1. The smallest absolute Gasteiger partial charge is 0.343 e. The third-order valence-electron chi connectivity index (χ3n) is 6.93. The van der Waals surface area contributed by atoms with E-state index in [-0.39, 0.29) is 36.9 Å². The zero-order chi connectivity index (χ0) is 22.1. The van der Waals surface area contributed by atoms with Crippen molar-refractivity contribution < 1.29 is 19.7 Å². The zero-order valence-corrected chi connectivity index (χ0v) is 19.2. The number of hydrogen-bond donors (Lipinski definition) is 2. The minimum absolute atomic E-state index is 0. The molecule has 2 aliphatic heterocycles. The minimum Gasteiger partial charge on any atom is -0.458 e. The Labute approximate surface area is 192 Å². The van der Waals surface area contributed by atoms with Gasteiger partial charge in [0, 0.05) is 29.3 Å². The van der Waals surface area contributed by atoms with E-state index in [1.165, 1.54) is 0 Å². The van der Waals surface area contributed by atoms with Crippen LogP contribution in [0.4, 0.5) is 0 Å². The second-order valence-electron chi connectivity index (χ2n) is 9.11. The highest BCUT2D eigenvalue weighted by molar-refractivity contribution is 5.85. The average Bonchev–Trinajstić information content (AvgIpc) is 3.10. The second-order valence-corrected chi connectivity index (χ2v) is 9.11. The van der Waals surface area contributed by atoms with Crippen LogP contribution in [-0.4, -0.2) is 57.4 Å². The van der Waals surface area contributed by atoms with Gasteiger partial charge in [-0.3, -0.25) is 9.78 Å². The van der Waals surface area contributed by atoms with E-state index in [2.05, 4.69) is 11.0 Å². The van der Waals surface area contributed by atoms with Gasteiger partial charge < -0.3 is 24.4 Å². The highest BCUT2D eigenvalue weighted by Crippen LogP contribution is 2.40. The minimum atomic E-state index is -1.82. The molecule has 172 valence electrons. The Hall–Kier alpha value is -2.26. The Morgan fingerprint density at radius 3 is 2.75 bits per heavy atom. The highest BCUT2D eigenvalue weighted by atomic mass is 35.5. The van der Waals surface area contributed by atoms with Gasteiger partial charge in [0.05, 0.1) is 29.6 Å². The molecule has 2 aromatic heterocycles. The van der Waals surface area contributed by atoms with E-state index in [4.69, 9.17) is 9.72 Å². The first kappa shape index (κ1) is 22.9. The topological polar surface area (TPSA) is 105 Å². The number of carbonyl (C=O) groups excluding carboxylic acids is 1. The molecule has 0 saturated carbocycles. The molecule has 3 aliphatic rings. The monoisotopic (exact) mass is 461 g/mol. The largest absolute Gasteiger partial charge is 0.458 e. The number of carbonyl (C=O) groups is 1. The van der Waals surface area contributed by atoms with E-state index in [1.54, 1.807) is 17.6 Å². The van der Waals surface area contributed by atoms with Gasteiger partial charge in [-0.25, -0.2) is 4.79 Å². The molecular formula is C23H28ClN3O5. The standard InChI is InChI=1S/C23H27N3O5.ClH/c1-4-23(30)16-8-18-20-12(9-26(18)21(28)15(16)11-31-22(23)29)7-13-14(10-25(2)3)19(27)6-5-17(13)24-20;/h7-8,14,19,27,30H,4-6,9-11H2,1-3H3;1H/t14?,19?,23-;/m0./s1. The van der Waals surface area contributed by atoms with Crippen molar-refractivity contribution in [3.63, 3.8) is 0 Å². The van der Waals surface area contributed by atoms with Gasteiger partial charge in [-0.05, 0) is 51.1 Å². The second kappa shape index (κ2) is 7.95. The van der Waals surface area contributed by atoms with Crippen LogP contribution in [0.25, 0.3) is 11.4 Å². The summed E-state index contributed by atoms with van der Waals surface area (Å²) in [5.74, 6) is -0.745. The van der Waals surface area contributed by atoms with Crippen molar-refractivity contribution in [1.82, 2.24) is 14.5 Å². The molecule has 3 atom stereocenters. The molecule has 0 radical (unpaired) electrons. The summed E-state index contributed by atoms with van der Waals surface area (Å²) in [6, 6.07) is 3.81. The van der Waals surface area contributed by atoms with E-state index in [1.807, 2.05) is 14.1 Å². The van der Waals surface area contributed by atoms with Crippen LogP contribution in [0.15, 0.2) is 16.9 Å². The number of nitrogens with zero attached hydrogens (tertiary/aromatic N) is 3. The number of hydrogen-bond acceptors (Lipinski definition) is 7. The van der Waals surface area contributed by atoms with Crippen LogP contribution < -0.4 is 5.56 Å². The van der Waals surface area contributed by atoms with E-state index < -0.39 is 17.7 Å². The summed E-state index contributed by atoms with van der Waals surface area (Å²) in [4.78, 5) is 32.5. The van der Waals surface area contributed by atoms with Crippen LogP contribution in [-0.2, 0) is 34.7 Å². The summed E-state index contributed by atoms with van der Waals surface area (Å²) >= 11 is 0. The van der Waals surface area contributed by atoms with Crippen molar-refractivity contribution in [3.05, 3.63) is 50.4 Å². The molecule has 0 bridgehead atoms. The first-order chi connectivity index (χ1) is 14.7. The van der Waals surface area contributed by atoms with Crippen LogP contribution in [0.2, 0.25) is 0 Å². The molecule has 2 aromatic rings. The Balaban J connectivity index is 0.00000245. The summed E-state index contributed by atoms with van der Waals surface area (Å²) in [6.45, 7) is 2.66. The molecule has 32 heavy (non-hydrogen) atoms. The van der Waals surface area contributed by atoms with E-state index >= 15 is 0 Å². The fraction of sp³-hybridized carbons (Fsp3) is 0.522. The van der Waals surface area contributed by atoms with E-state index in [0.717, 1.165) is 29.1 Å². The molecule has 1 aliphatic carbocycles. The normalized spacial score (nSPS) is 25.4. The predicted octanol–water partition coefficient (Wildman–Crippen LogP) is 1.30. The van der Waals surface area contributed by atoms with Crippen molar-refractivity contribution in [1.29, 1.82) is 0 Å². The van der Waals surface area contributed by atoms with Crippen molar-refractivity contribution >= 4 is 18.4 Å². The van der Waals surface area contributed by atoms with Crippen LogP contribution in [0.3, 0.4) is 0 Å². The van der Waals surface area contributed by atoms with Crippen molar-refractivity contribution in [3.8, 4) is 11.4 Å². The number of rotatable bonds is 3. The number of aryl methyl sites for hydroxylation is 1. The van der Waals surface area contributed by atoms with Crippen molar-refractivity contribution in [2.24, 2.45) is 0 Å². The summed E-state index contributed by atoms with van der Waals surface area (Å²) in [7, 11) is 3.97. The van der Waals surface area contributed by atoms with Gasteiger partial charge in [-0.1, -0.05) is 6.92 Å². The van der Waals surface area contributed by atoms with Gasteiger partial charge in [-0.2, -0.15) is 0 Å². The molecule has 0 aromatic carbocycles. The predicted molar refractivity (Wildman–Crippen MR) is 120 cm³/mol. The lowest BCUT2D eigenvalue weighted by molar-refractivity contribution is -0.172. The molecule has 2 N–H and O–H groups in total. The van der Waals surface area contributed by atoms with Crippen molar-refractivity contribution in [2.45, 2.75) is 57.0 Å². The molecule has 0 amide bonds. The van der Waals surface area contributed by atoms with Crippen molar-refractivity contribution in [2.75, 3.05) is 20.6 Å². The first-order valence-electron chi connectivity index (χ1n) is 10.8. The van der Waals surface area contributed by atoms with Crippen LogP contribution in [0.1, 0.15) is 53.6 Å². The number of fused-ring (bicyclic) bond motifs is 5. The molecule has 0 fully saturated rings. The van der Waals surface area contributed by atoms with Crippen LogP contribution >= 0.6 is 12.4 Å². The Morgan fingerprint density at radius 2 is 2.06 bits per heavy atom. The number of pyridine rings is 2. The fourth-order valence-electron chi connectivity index (χ4n) is 5.20. The summed E-state index contributed by atoms with van der Waals surface area (Å²) in [6.07, 6.45) is 1.02. The number of aliphatic hydroxyl groups excluding tert-OH is 1. The molecule has 0 saturated heterocycles. The number of likely N-dealkylation sites (N-methyl/N-ethyl adjacent to an activating group) is 1. The zero-order valence-electron chi connectivity index (χ0n) is 18.4. The highest BCUT2D eigenvalue weighted by Gasteiger charge is 2.45. The Kier molecular flexibility index (Phi) is 5.69. The quantitative estimate of drug-likeness (QED) is 0.566. The molecule has 4 heterocycles. The maximum atomic E-state index is 13.3. The van der Waals surface area contributed by atoms with Gasteiger partial charge >= 0.3 is 5.97 Å². The molecule has 5 rings (SSSR count). The number of aliphatic hydroxyl groups is 2. The van der Waals surface area contributed by atoms with Gasteiger partial charge in [-0.15, -0.1) is 12.4 Å². The fourth-order valence-corrected chi connectivity index (χ4v) is 5.20. The van der Waals surface area contributed by atoms with Gasteiger partial charge in [0.1, 0.15) is 6.61 Å². The molecule has 9 heteroatoms. The first-order valence-corrected chi connectivity index (χ1v) is 10.8. The number of ether oxygens (including phenoxy) is 1. The van der Waals surface area contributed by atoms with Crippen LogP contribution in [0, 0.1) is 0 Å². The maximum absolute atomic E-state index is 13.3. The third kappa shape index (κ3) is 3.20. The Bertz CT molecular complexity index is 1160. The Morgan fingerprint density at radius 1 is 1.31 bits per heavy atom. The number of esters is 1. The van der Waals surface area contributed by atoms with Crippen LogP contribution in [0.5, 0.6) is 0 Å². The number of aromatic nitrogens is 2. The lowest BCUT2D eigenvalue weighted by atomic mass is 9.82. The SMILES string of the molecule is CC[C@@]1(O)C(=O)OCc2c1cc1n(c2=O)Cc2cc3c(nc2-1)CCC(O)C3CN(C)C.Cl. The molecular weight excluding hydrogens is 434 g/mol. The lowest BCUT2D eigenvalue weighted by Crippen LogP contribution is -2.44. The summed E-state index contributed by atoms with van der Waals surface area (Å²) in [5, 5.41) is 21.6. The molecule has 2 unspecified atom stereocenters. The summed E-state index contributed by atoms with van der Waals surface area (Å²) < 4.78 is 6.77. The third-order valence-corrected chi connectivity index (χ3v) is 6.93. The van der Waals surface area contributed by atoms with Gasteiger partial charge in [0.15, 0.2) is 5.60 Å². The number of halogens is 1. The lowest BCUT2D eigenvalue weighted by Gasteiger charge is -2.32. The molecule has 0 spiro atoms. The van der Waals surface area contributed by atoms with E-state index in [0.29, 0.717) is 36.2 Å². The average molecular weight is 462 g/mol. The van der Waals surface area contributed by atoms with Gasteiger partial charge in [0.25, 0.3) is 5.56 Å². The molecule has 8 nitrogen and oxygen atoms in total. The van der Waals surface area contributed by atoms with Gasteiger partial charge in [0.2, 0.25) is 0 Å². The maximum Gasteiger partial charge on any atom is 0.343 e. The van der Waals surface area contributed by atoms with E-state index in [9.17, 15) is 19.8 Å². The summed E-state index contributed by atoms with van der Waals surface area (Å²) in [5.41, 5.74) is 2.83.